The predicted octanol–water partition coefficient (Wildman–Crippen LogP) is 2.26. The molecule has 2 amide bonds. The Hall–Kier alpha value is -1.59. The smallest absolute Gasteiger partial charge is 0.319 e. The van der Waals surface area contributed by atoms with E-state index in [9.17, 15) is 4.79 Å². The Labute approximate surface area is 106 Å². The number of benzene rings is 1. The van der Waals surface area contributed by atoms with Crippen LogP contribution < -0.4 is 10.6 Å². The maximum Gasteiger partial charge on any atom is 0.319 e. The lowest BCUT2D eigenvalue weighted by molar-refractivity contribution is -0.0441. The van der Waals surface area contributed by atoms with Gasteiger partial charge in [-0.25, -0.2) is 4.79 Å². The molecular formula is C13H18N2O3. The maximum atomic E-state index is 11.5. The molecule has 1 aliphatic heterocycles. The maximum absolute atomic E-state index is 11.5. The van der Waals surface area contributed by atoms with Gasteiger partial charge in [0, 0.05) is 17.3 Å². The summed E-state index contributed by atoms with van der Waals surface area (Å²) in [7, 11) is 0. The number of anilines is 1. The molecule has 0 bridgehead atoms. The Morgan fingerprint density at radius 3 is 2.39 bits per heavy atom. The van der Waals surface area contributed by atoms with Crippen molar-refractivity contribution in [3.63, 3.8) is 0 Å². The van der Waals surface area contributed by atoms with Gasteiger partial charge in [0.05, 0.1) is 13.2 Å². The predicted molar refractivity (Wildman–Crippen MR) is 68.4 cm³/mol. The molecule has 0 aliphatic carbocycles. The summed E-state index contributed by atoms with van der Waals surface area (Å²) in [6.07, 6.45) is -0.274. The van der Waals surface area contributed by atoms with Gasteiger partial charge in [0.2, 0.25) is 0 Å². The van der Waals surface area contributed by atoms with Gasteiger partial charge in [-0.15, -0.1) is 0 Å². The number of hydrogen-bond donors (Lipinski definition) is 2. The molecule has 1 fully saturated rings. The van der Waals surface area contributed by atoms with Gasteiger partial charge < -0.3 is 20.1 Å². The van der Waals surface area contributed by atoms with Crippen molar-refractivity contribution in [1.29, 1.82) is 0 Å². The van der Waals surface area contributed by atoms with E-state index < -0.39 is 0 Å². The third-order valence-corrected chi connectivity index (χ3v) is 2.48. The molecule has 1 aromatic rings. The number of amides is 2. The fourth-order valence-electron chi connectivity index (χ4n) is 1.70. The quantitative estimate of drug-likeness (QED) is 0.865. The van der Waals surface area contributed by atoms with E-state index in [1.165, 1.54) is 0 Å². The van der Waals surface area contributed by atoms with Gasteiger partial charge in [-0.3, -0.25) is 0 Å². The minimum absolute atomic E-state index is 0.115. The van der Waals surface area contributed by atoms with E-state index in [0.717, 1.165) is 11.3 Å². The van der Waals surface area contributed by atoms with E-state index in [-0.39, 0.29) is 18.4 Å². The number of carbonyl (C=O) groups excluding carboxylic acids is 1. The van der Waals surface area contributed by atoms with Crippen molar-refractivity contribution in [2.75, 3.05) is 18.5 Å². The molecular weight excluding hydrogens is 232 g/mol. The lowest BCUT2D eigenvalue weighted by Gasteiger charge is -2.12. The normalized spacial score (nSPS) is 15.9. The highest BCUT2D eigenvalue weighted by molar-refractivity contribution is 5.89. The molecule has 2 N–H and O–H groups in total. The molecule has 5 nitrogen and oxygen atoms in total. The van der Waals surface area contributed by atoms with E-state index >= 15 is 0 Å². The number of hydrogen-bond acceptors (Lipinski definition) is 3. The molecule has 0 unspecified atom stereocenters. The minimum Gasteiger partial charge on any atom is -0.346 e. The number of rotatable bonds is 3. The van der Waals surface area contributed by atoms with Crippen LogP contribution in [0.2, 0.25) is 0 Å². The van der Waals surface area contributed by atoms with Gasteiger partial charge in [0.25, 0.3) is 0 Å². The SMILES string of the molecule is CC(C)NC(=O)Nc1ccc(C2OCCO2)cc1. The van der Waals surface area contributed by atoms with Crippen LogP contribution in [0.3, 0.4) is 0 Å². The lowest BCUT2D eigenvalue weighted by Crippen LogP contribution is -2.34. The Balaban J connectivity index is 1.93. The zero-order valence-electron chi connectivity index (χ0n) is 10.6. The highest BCUT2D eigenvalue weighted by Crippen LogP contribution is 2.24. The second kappa shape index (κ2) is 5.84. The summed E-state index contributed by atoms with van der Waals surface area (Å²) in [4.78, 5) is 11.5. The summed E-state index contributed by atoms with van der Waals surface area (Å²) >= 11 is 0. The molecule has 18 heavy (non-hydrogen) atoms. The van der Waals surface area contributed by atoms with Gasteiger partial charge in [-0.05, 0) is 26.0 Å². The minimum atomic E-state index is -0.274. The monoisotopic (exact) mass is 250 g/mol. The third kappa shape index (κ3) is 3.45. The first-order chi connectivity index (χ1) is 8.65. The summed E-state index contributed by atoms with van der Waals surface area (Å²) in [6, 6.07) is 7.36. The zero-order chi connectivity index (χ0) is 13.0. The molecule has 0 atom stereocenters. The van der Waals surface area contributed by atoms with Crippen molar-refractivity contribution in [1.82, 2.24) is 5.32 Å². The van der Waals surface area contributed by atoms with Gasteiger partial charge in [-0.1, -0.05) is 12.1 Å². The molecule has 98 valence electrons. The Kier molecular flexibility index (Phi) is 4.17. The second-order valence-corrected chi connectivity index (χ2v) is 4.45. The number of ether oxygens (including phenoxy) is 2. The van der Waals surface area contributed by atoms with E-state index in [1.807, 2.05) is 38.1 Å². The van der Waals surface area contributed by atoms with Crippen molar-refractivity contribution in [2.24, 2.45) is 0 Å². The van der Waals surface area contributed by atoms with Gasteiger partial charge in [0.15, 0.2) is 6.29 Å². The van der Waals surface area contributed by atoms with Crippen LogP contribution in [-0.2, 0) is 9.47 Å². The van der Waals surface area contributed by atoms with Crippen LogP contribution in [0.4, 0.5) is 10.5 Å². The molecule has 5 heteroatoms. The van der Waals surface area contributed by atoms with E-state index in [1.54, 1.807) is 0 Å². The molecule has 1 aromatic carbocycles. The average Bonchev–Trinajstić information content (AvgIpc) is 2.82. The van der Waals surface area contributed by atoms with E-state index in [2.05, 4.69) is 10.6 Å². The number of urea groups is 1. The summed E-state index contributed by atoms with van der Waals surface area (Å²) in [5, 5.41) is 5.52. The van der Waals surface area contributed by atoms with Crippen LogP contribution in [0.1, 0.15) is 25.7 Å². The zero-order valence-corrected chi connectivity index (χ0v) is 10.6. The van der Waals surface area contributed by atoms with E-state index in [4.69, 9.17) is 9.47 Å². The van der Waals surface area contributed by atoms with Gasteiger partial charge >= 0.3 is 6.03 Å². The second-order valence-electron chi connectivity index (χ2n) is 4.45. The molecule has 2 rings (SSSR count). The van der Waals surface area contributed by atoms with Crippen molar-refractivity contribution < 1.29 is 14.3 Å². The van der Waals surface area contributed by atoms with Gasteiger partial charge in [-0.2, -0.15) is 0 Å². The average molecular weight is 250 g/mol. The summed E-state index contributed by atoms with van der Waals surface area (Å²) in [5.41, 5.74) is 1.71. The third-order valence-electron chi connectivity index (χ3n) is 2.48. The van der Waals surface area contributed by atoms with Crippen LogP contribution in [0.25, 0.3) is 0 Å². The van der Waals surface area contributed by atoms with Crippen molar-refractivity contribution in [2.45, 2.75) is 26.2 Å². The number of carbonyl (C=O) groups is 1. The molecule has 1 heterocycles. The first-order valence-electron chi connectivity index (χ1n) is 6.06. The lowest BCUT2D eigenvalue weighted by atomic mass is 10.2. The summed E-state index contributed by atoms with van der Waals surface area (Å²) in [6.45, 7) is 5.08. The first-order valence-corrected chi connectivity index (χ1v) is 6.06. The Morgan fingerprint density at radius 2 is 1.83 bits per heavy atom. The van der Waals surface area contributed by atoms with Crippen LogP contribution >= 0.6 is 0 Å². The van der Waals surface area contributed by atoms with Crippen molar-refractivity contribution >= 4 is 11.7 Å². The topological polar surface area (TPSA) is 59.6 Å². The summed E-state index contributed by atoms with van der Waals surface area (Å²) < 4.78 is 10.8. The van der Waals surface area contributed by atoms with Gasteiger partial charge in [0.1, 0.15) is 0 Å². The van der Waals surface area contributed by atoms with Crippen LogP contribution in [-0.4, -0.2) is 25.3 Å². The molecule has 0 aromatic heterocycles. The molecule has 1 saturated heterocycles. The molecule has 0 radical (unpaired) electrons. The first kappa shape index (κ1) is 12.9. The fourth-order valence-corrected chi connectivity index (χ4v) is 1.70. The van der Waals surface area contributed by atoms with Crippen LogP contribution in [0.15, 0.2) is 24.3 Å². The van der Waals surface area contributed by atoms with Crippen LogP contribution in [0.5, 0.6) is 0 Å². The fraction of sp³-hybridized carbons (Fsp3) is 0.462. The van der Waals surface area contributed by atoms with Crippen molar-refractivity contribution in [3.8, 4) is 0 Å². The standard InChI is InChI=1S/C13H18N2O3/c1-9(2)14-13(16)15-11-5-3-10(4-6-11)12-17-7-8-18-12/h3-6,9,12H,7-8H2,1-2H3,(H2,14,15,16). The molecule has 1 aliphatic rings. The largest absolute Gasteiger partial charge is 0.346 e. The van der Waals surface area contributed by atoms with Crippen molar-refractivity contribution in [3.05, 3.63) is 29.8 Å². The molecule has 0 saturated carbocycles. The summed E-state index contributed by atoms with van der Waals surface area (Å²) in [5.74, 6) is 0. The highest BCUT2D eigenvalue weighted by atomic mass is 16.7. The Bertz CT molecular complexity index is 397. The molecule has 0 spiro atoms. The highest BCUT2D eigenvalue weighted by Gasteiger charge is 2.17. The van der Waals surface area contributed by atoms with Crippen LogP contribution in [0, 0.1) is 0 Å². The van der Waals surface area contributed by atoms with E-state index in [0.29, 0.717) is 13.2 Å². The Morgan fingerprint density at radius 1 is 1.22 bits per heavy atom. The number of nitrogens with one attached hydrogen (secondary N) is 2.